The maximum absolute atomic E-state index is 13.0. The van der Waals surface area contributed by atoms with E-state index in [1.807, 2.05) is 0 Å². The molecule has 21 heavy (non-hydrogen) atoms. The summed E-state index contributed by atoms with van der Waals surface area (Å²) in [5.74, 6) is -0.938. The molecular formula is C13H13FN2O3S2. The molecule has 1 amide bonds. The average Bonchev–Trinajstić information content (AvgIpc) is 3.00. The Morgan fingerprint density at radius 2 is 1.95 bits per heavy atom. The van der Waals surface area contributed by atoms with Crippen LogP contribution >= 0.6 is 11.3 Å². The fourth-order valence-corrected chi connectivity index (χ4v) is 4.18. The van der Waals surface area contributed by atoms with Gasteiger partial charge in [-0.1, -0.05) is 6.07 Å². The maximum atomic E-state index is 13.0. The smallest absolute Gasteiger partial charge is 0.274 e. The van der Waals surface area contributed by atoms with Crippen molar-refractivity contribution in [3.05, 3.63) is 47.6 Å². The lowest BCUT2D eigenvalue weighted by Crippen LogP contribution is -2.39. The molecule has 1 aromatic carbocycles. The van der Waals surface area contributed by atoms with E-state index >= 15 is 0 Å². The van der Waals surface area contributed by atoms with Crippen molar-refractivity contribution in [2.24, 2.45) is 0 Å². The Labute approximate surface area is 126 Å². The molecule has 1 N–H and O–H groups in total. The second-order valence-corrected chi connectivity index (χ2v) is 7.13. The van der Waals surface area contributed by atoms with Crippen molar-refractivity contribution in [3.63, 3.8) is 0 Å². The average molecular weight is 328 g/mol. The van der Waals surface area contributed by atoms with Crippen LogP contribution in [-0.4, -0.2) is 27.9 Å². The molecule has 5 nitrogen and oxygen atoms in total. The topological polar surface area (TPSA) is 66.5 Å². The van der Waals surface area contributed by atoms with Crippen LogP contribution in [0, 0.1) is 5.82 Å². The minimum atomic E-state index is -3.86. The van der Waals surface area contributed by atoms with Gasteiger partial charge in [0, 0.05) is 7.05 Å². The number of nitrogens with one attached hydrogen (secondary N) is 1. The van der Waals surface area contributed by atoms with E-state index in [9.17, 15) is 17.6 Å². The van der Waals surface area contributed by atoms with E-state index < -0.39 is 21.7 Å². The summed E-state index contributed by atoms with van der Waals surface area (Å²) in [6.45, 7) is -0.373. The van der Waals surface area contributed by atoms with Crippen molar-refractivity contribution in [2.75, 3.05) is 17.9 Å². The number of sulfonamides is 1. The maximum Gasteiger partial charge on any atom is 0.274 e. The zero-order chi connectivity index (χ0) is 15.5. The summed E-state index contributed by atoms with van der Waals surface area (Å²) >= 11 is 1.06. The van der Waals surface area contributed by atoms with E-state index in [4.69, 9.17) is 0 Å². The summed E-state index contributed by atoms with van der Waals surface area (Å²) in [7, 11) is -2.44. The molecule has 0 saturated carbocycles. The van der Waals surface area contributed by atoms with E-state index in [0.29, 0.717) is 0 Å². The zero-order valence-corrected chi connectivity index (χ0v) is 12.7. The van der Waals surface area contributed by atoms with Gasteiger partial charge in [0.05, 0.1) is 5.69 Å². The molecule has 0 saturated heterocycles. The van der Waals surface area contributed by atoms with Gasteiger partial charge in [0.2, 0.25) is 5.91 Å². The highest BCUT2D eigenvalue weighted by molar-refractivity contribution is 7.94. The summed E-state index contributed by atoms with van der Waals surface area (Å²) in [5, 5.41) is 4.01. The Hall–Kier alpha value is -1.93. The predicted molar refractivity (Wildman–Crippen MR) is 79.3 cm³/mol. The van der Waals surface area contributed by atoms with E-state index in [1.54, 1.807) is 11.4 Å². The van der Waals surface area contributed by atoms with Crippen LogP contribution < -0.4 is 9.62 Å². The molecule has 0 radical (unpaired) electrons. The normalized spacial score (nSPS) is 11.1. The van der Waals surface area contributed by atoms with Crippen molar-refractivity contribution in [1.82, 2.24) is 5.32 Å². The summed E-state index contributed by atoms with van der Waals surface area (Å²) < 4.78 is 39.3. The van der Waals surface area contributed by atoms with Crippen LogP contribution in [0.5, 0.6) is 0 Å². The number of hydrogen-bond donors (Lipinski definition) is 1. The molecule has 1 aromatic heterocycles. The third-order valence-corrected chi connectivity index (χ3v) is 5.87. The number of likely N-dealkylation sites (N-methyl/N-ethyl adjacent to an activating group) is 1. The van der Waals surface area contributed by atoms with Crippen LogP contribution in [-0.2, 0) is 14.8 Å². The molecule has 2 aromatic rings. The Morgan fingerprint density at radius 1 is 1.29 bits per heavy atom. The van der Waals surface area contributed by atoms with Crippen LogP contribution in [0.25, 0.3) is 0 Å². The number of carbonyl (C=O) groups is 1. The van der Waals surface area contributed by atoms with Crippen molar-refractivity contribution >= 4 is 33.0 Å². The van der Waals surface area contributed by atoms with Gasteiger partial charge in [-0.2, -0.15) is 0 Å². The summed E-state index contributed by atoms with van der Waals surface area (Å²) in [5.41, 5.74) is 0.230. The van der Waals surface area contributed by atoms with Gasteiger partial charge >= 0.3 is 0 Å². The standard InChI is InChI=1S/C13H13FN2O3S2/c1-15-12(17)9-16(11-6-4-10(14)5-7-11)21(18,19)13-3-2-8-20-13/h2-8H,9H2,1H3,(H,15,17). The number of benzene rings is 1. The first-order chi connectivity index (χ1) is 9.95. The van der Waals surface area contributed by atoms with Gasteiger partial charge in [0.1, 0.15) is 16.6 Å². The highest BCUT2D eigenvalue weighted by atomic mass is 32.2. The number of amides is 1. The number of thiophene rings is 1. The van der Waals surface area contributed by atoms with Gasteiger partial charge < -0.3 is 5.32 Å². The molecule has 0 fully saturated rings. The molecule has 0 bridgehead atoms. The van der Waals surface area contributed by atoms with Crippen molar-refractivity contribution in [1.29, 1.82) is 0 Å². The molecule has 112 valence electrons. The Balaban J connectivity index is 2.46. The van der Waals surface area contributed by atoms with E-state index in [2.05, 4.69) is 5.32 Å². The highest BCUT2D eigenvalue weighted by Gasteiger charge is 2.27. The first-order valence-electron chi connectivity index (χ1n) is 5.97. The molecular weight excluding hydrogens is 315 g/mol. The lowest BCUT2D eigenvalue weighted by atomic mass is 10.3. The number of nitrogens with zero attached hydrogens (tertiary/aromatic N) is 1. The van der Waals surface area contributed by atoms with Gasteiger partial charge in [-0.25, -0.2) is 12.8 Å². The Bertz CT molecular complexity index is 712. The third kappa shape index (κ3) is 3.40. The van der Waals surface area contributed by atoms with E-state index in [0.717, 1.165) is 27.8 Å². The third-order valence-electron chi connectivity index (χ3n) is 2.72. The monoisotopic (exact) mass is 328 g/mol. The number of carbonyl (C=O) groups excluding carboxylic acids is 1. The molecule has 0 aliphatic heterocycles. The Morgan fingerprint density at radius 3 is 2.48 bits per heavy atom. The quantitative estimate of drug-likeness (QED) is 0.910. The Kier molecular flexibility index (Phi) is 4.59. The molecule has 8 heteroatoms. The van der Waals surface area contributed by atoms with Crippen LogP contribution in [0.4, 0.5) is 10.1 Å². The molecule has 0 aliphatic rings. The predicted octanol–water partition coefficient (Wildman–Crippen LogP) is 1.83. The van der Waals surface area contributed by atoms with Crippen LogP contribution in [0.1, 0.15) is 0 Å². The lowest BCUT2D eigenvalue weighted by molar-refractivity contribution is -0.119. The van der Waals surface area contributed by atoms with E-state index in [-0.39, 0.29) is 16.4 Å². The number of hydrogen-bond acceptors (Lipinski definition) is 4. The SMILES string of the molecule is CNC(=O)CN(c1ccc(F)cc1)S(=O)(=O)c1cccs1. The molecule has 0 unspecified atom stereocenters. The summed E-state index contributed by atoms with van der Waals surface area (Å²) in [6, 6.07) is 8.01. The van der Waals surface area contributed by atoms with Crippen molar-refractivity contribution < 1.29 is 17.6 Å². The minimum absolute atomic E-state index is 0.121. The van der Waals surface area contributed by atoms with Gasteiger partial charge in [0.15, 0.2) is 0 Å². The number of rotatable bonds is 5. The molecule has 0 aliphatic carbocycles. The summed E-state index contributed by atoms with van der Waals surface area (Å²) in [6.07, 6.45) is 0. The van der Waals surface area contributed by atoms with Gasteiger partial charge in [-0.15, -0.1) is 11.3 Å². The zero-order valence-electron chi connectivity index (χ0n) is 11.1. The van der Waals surface area contributed by atoms with Crippen LogP contribution in [0.3, 0.4) is 0 Å². The molecule has 0 spiro atoms. The van der Waals surface area contributed by atoms with Crippen LogP contribution in [0.15, 0.2) is 46.0 Å². The summed E-state index contributed by atoms with van der Waals surface area (Å²) in [4.78, 5) is 11.6. The van der Waals surface area contributed by atoms with Crippen LogP contribution in [0.2, 0.25) is 0 Å². The van der Waals surface area contributed by atoms with Crippen molar-refractivity contribution in [3.8, 4) is 0 Å². The van der Waals surface area contributed by atoms with Gasteiger partial charge in [0.25, 0.3) is 10.0 Å². The van der Waals surface area contributed by atoms with Gasteiger partial charge in [-0.3, -0.25) is 9.10 Å². The first kappa shape index (κ1) is 15.5. The largest absolute Gasteiger partial charge is 0.358 e. The van der Waals surface area contributed by atoms with Crippen molar-refractivity contribution in [2.45, 2.75) is 4.21 Å². The molecule has 0 atom stereocenters. The fraction of sp³-hybridized carbons (Fsp3) is 0.154. The lowest BCUT2D eigenvalue weighted by Gasteiger charge is -2.22. The highest BCUT2D eigenvalue weighted by Crippen LogP contribution is 2.26. The molecule has 2 rings (SSSR count). The number of halogens is 1. The minimum Gasteiger partial charge on any atom is -0.358 e. The first-order valence-corrected chi connectivity index (χ1v) is 8.29. The van der Waals surface area contributed by atoms with Gasteiger partial charge in [-0.05, 0) is 35.7 Å². The second kappa shape index (κ2) is 6.23. The molecule has 1 heterocycles. The second-order valence-electron chi connectivity index (χ2n) is 4.09. The number of anilines is 1. The van der Waals surface area contributed by atoms with E-state index in [1.165, 1.54) is 25.2 Å². The fourth-order valence-electron chi connectivity index (χ4n) is 1.65.